The lowest BCUT2D eigenvalue weighted by Crippen LogP contribution is -1.99. The Hall–Kier alpha value is -1.84. The number of aliphatic hydroxyl groups excluding tert-OH is 1. The number of rotatable bonds is 2. The smallest absolute Gasteiger partial charge is 0.193 e. The minimum absolute atomic E-state index is 0.209. The molecule has 1 N–H and O–H groups in total. The predicted octanol–water partition coefficient (Wildman–Crippen LogP) is 4.31. The Balaban J connectivity index is 2.18. The molecule has 1 aromatic heterocycles. The number of aliphatic hydroxyl groups is 1. The van der Waals surface area contributed by atoms with Crippen LogP contribution in [0, 0.1) is 5.82 Å². The highest BCUT2D eigenvalue weighted by atomic mass is 35.5. The zero-order chi connectivity index (χ0) is 13.4. The van der Waals surface area contributed by atoms with Crippen LogP contribution in [0.15, 0.2) is 52.9 Å². The normalized spacial score (nSPS) is 12.8. The summed E-state index contributed by atoms with van der Waals surface area (Å²) in [5.41, 5.74) is 0.586. The van der Waals surface area contributed by atoms with Crippen molar-refractivity contribution in [1.82, 2.24) is 0 Å². The Morgan fingerprint density at radius 2 is 1.74 bits per heavy atom. The lowest BCUT2D eigenvalue weighted by Gasteiger charge is -2.12. The SMILES string of the molecule is OC(c1ccc(Cl)o1)c1ccc(F)c2ccccc12. The van der Waals surface area contributed by atoms with Crippen molar-refractivity contribution in [3.8, 4) is 0 Å². The highest BCUT2D eigenvalue weighted by Gasteiger charge is 2.18. The van der Waals surface area contributed by atoms with E-state index in [-0.39, 0.29) is 11.0 Å². The number of hydrogen-bond donors (Lipinski definition) is 1. The molecule has 2 aromatic carbocycles. The van der Waals surface area contributed by atoms with Gasteiger partial charge in [-0.3, -0.25) is 0 Å². The van der Waals surface area contributed by atoms with Gasteiger partial charge >= 0.3 is 0 Å². The fourth-order valence-electron chi connectivity index (χ4n) is 2.15. The summed E-state index contributed by atoms with van der Waals surface area (Å²) in [6.07, 6.45) is -0.974. The molecule has 0 aliphatic heterocycles. The van der Waals surface area contributed by atoms with Crippen molar-refractivity contribution in [2.24, 2.45) is 0 Å². The van der Waals surface area contributed by atoms with Gasteiger partial charge in [0, 0.05) is 5.39 Å². The van der Waals surface area contributed by atoms with Crippen LogP contribution < -0.4 is 0 Å². The van der Waals surface area contributed by atoms with E-state index in [9.17, 15) is 9.50 Å². The topological polar surface area (TPSA) is 33.4 Å². The van der Waals surface area contributed by atoms with Gasteiger partial charge in [0.15, 0.2) is 5.22 Å². The van der Waals surface area contributed by atoms with Gasteiger partial charge in [-0.1, -0.05) is 30.3 Å². The van der Waals surface area contributed by atoms with Gasteiger partial charge in [0.05, 0.1) is 0 Å². The number of hydrogen-bond acceptors (Lipinski definition) is 2. The summed E-state index contributed by atoms with van der Waals surface area (Å²) in [6, 6.07) is 13.1. The first-order chi connectivity index (χ1) is 9.16. The quantitative estimate of drug-likeness (QED) is 0.757. The molecule has 0 radical (unpaired) electrons. The lowest BCUT2D eigenvalue weighted by atomic mass is 9.99. The average molecular weight is 277 g/mol. The van der Waals surface area contributed by atoms with Gasteiger partial charge in [-0.25, -0.2) is 4.39 Å². The summed E-state index contributed by atoms with van der Waals surface area (Å²) in [4.78, 5) is 0. The van der Waals surface area contributed by atoms with Crippen LogP contribution in [0.1, 0.15) is 17.4 Å². The van der Waals surface area contributed by atoms with Crippen molar-refractivity contribution < 1.29 is 13.9 Å². The third-order valence-corrected chi connectivity index (χ3v) is 3.27. The molecule has 4 heteroatoms. The van der Waals surface area contributed by atoms with Gasteiger partial charge < -0.3 is 9.52 Å². The van der Waals surface area contributed by atoms with Gasteiger partial charge in [0.25, 0.3) is 0 Å². The second kappa shape index (κ2) is 4.68. The third kappa shape index (κ3) is 2.11. The van der Waals surface area contributed by atoms with Gasteiger partial charge in [-0.05, 0) is 40.7 Å². The Bertz CT molecular complexity index is 736. The molecular formula is C15H10ClFO2. The lowest BCUT2D eigenvalue weighted by molar-refractivity contribution is 0.191. The van der Waals surface area contributed by atoms with E-state index in [0.717, 1.165) is 0 Å². The highest BCUT2D eigenvalue weighted by molar-refractivity contribution is 6.28. The minimum Gasteiger partial charge on any atom is -0.447 e. The molecule has 2 nitrogen and oxygen atoms in total. The van der Waals surface area contributed by atoms with Crippen LogP contribution in [0.3, 0.4) is 0 Å². The Morgan fingerprint density at radius 1 is 1.00 bits per heavy atom. The first-order valence-electron chi connectivity index (χ1n) is 5.77. The minimum atomic E-state index is -0.974. The Morgan fingerprint density at radius 3 is 2.42 bits per heavy atom. The molecule has 3 rings (SSSR count). The maximum atomic E-state index is 13.7. The van der Waals surface area contributed by atoms with Crippen molar-refractivity contribution >= 4 is 22.4 Å². The van der Waals surface area contributed by atoms with Crippen LogP contribution >= 0.6 is 11.6 Å². The second-order valence-corrected chi connectivity index (χ2v) is 4.60. The summed E-state index contributed by atoms with van der Waals surface area (Å²) >= 11 is 5.70. The van der Waals surface area contributed by atoms with Crippen molar-refractivity contribution in [3.63, 3.8) is 0 Å². The van der Waals surface area contributed by atoms with Gasteiger partial charge in [0.1, 0.15) is 17.7 Å². The van der Waals surface area contributed by atoms with Crippen LogP contribution in [0.5, 0.6) is 0 Å². The molecule has 19 heavy (non-hydrogen) atoms. The fraction of sp³-hybridized carbons (Fsp3) is 0.0667. The molecule has 96 valence electrons. The van der Waals surface area contributed by atoms with E-state index in [2.05, 4.69) is 0 Å². The Kier molecular flexibility index (Phi) is 3.01. The second-order valence-electron chi connectivity index (χ2n) is 4.23. The first-order valence-corrected chi connectivity index (χ1v) is 6.15. The van der Waals surface area contributed by atoms with Crippen LogP contribution in [-0.2, 0) is 0 Å². The summed E-state index contributed by atoms with van der Waals surface area (Å²) in [7, 11) is 0. The molecular weight excluding hydrogens is 267 g/mol. The van der Waals surface area contributed by atoms with E-state index in [1.807, 2.05) is 0 Å². The molecule has 0 aliphatic carbocycles. The molecule has 1 heterocycles. The van der Waals surface area contributed by atoms with Gasteiger partial charge in [0.2, 0.25) is 0 Å². The Labute approximate surface area is 114 Å². The molecule has 0 fully saturated rings. The maximum absolute atomic E-state index is 13.7. The first kappa shape index (κ1) is 12.2. The van der Waals surface area contributed by atoms with Crippen molar-refractivity contribution in [1.29, 1.82) is 0 Å². The zero-order valence-electron chi connectivity index (χ0n) is 9.81. The van der Waals surface area contributed by atoms with Crippen molar-refractivity contribution in [3.05, 3.63) is 70.9 Å². The summed E-state index contributed by atoms with van der Waals surface area (Å²) in [6.45, 7) is 0. The predicted molar refractivity (Wildman–Crippen MR) is 71.7 cm³/mol. The van der Waals surface area contributed by atoms with E-state index >= 15 is 0 Å². The molecule has 3 aromatic rings. The van der Waals surface area contributed by atoms with Crippen LogP contribution in [-0.4, -0.2) is 5.11 Å². The monoisotopic (exact) mass is 276 g/mol. The summed E-state index contributed by atoms with van der Waals surface area (Å²) < 4.78 is 18.9. The van der Waals surface area contributed by atoms with Crippen molar-refractivity contribution in [2.45, 2.75) is 6.10 Å². The van der Waals surface area contributed by atoms with E-state index in [1.54, 1.807) is 42.5 Å². The average Bonchev–Trinajstić information content (AvgIpc) is 2.86. The number of halogens is 2. The molecule has 0 spiro atoms. The molecule has 0 aliphatic rings. The molecule has 0 saturated heterocycles. The standard InChI is InChI=1S/C15H10ClFO2/c16-14-8-7-13(19-14)15(18)11-5-6-12(17)10-4-2-1-3-9(10)11/h1-8,15,18H. The van der Waals surface area contributed by atoms with E-state index < -0.39 is 6.10 Å². The molecule has 0 bridgehead atoms. The number of fused-ring (bicyclic) bond motifs is 1. The zero-order valence-corrected chi connectivity index (χ0v) is 10.6. The third-order valence-electron chi connectivity index (χ3n) is 3.06. The van der Waals surface area contributed by atoms with Crippen molar-refractivity contribution in [2.75, 3.05) is 0 Å². The number of benzene rings is 2. The summed E-state index contributed by atoms with van der Waals surface area (Å²) in [5.74, 6) is 0.0192. The van der Waals surface area contributed by atoms with Gasteiger partial charge in [-0.15, -0.1) is 0 Å². The summed E-state index contributed by atoms with van der Waals surface area (Å²) in [5, 5.41) is 11.7. The van der Waals surface area contributed by atoms with Crippen LogP contribution in [0.2, 0.25) is 5.22 Å². The van der Waals surface area contributed by atoms with E-state index in [4.69, 9.17) is 16.0 Å². The molecule has 0 amide bonds. The highest BCUT2D eigenvalue weighted by Crippen LogP contribution is 2.31. The number of furan rings is 1. The fourth-order valence-corrected chi connectivity index (χ4v) is 2.30. The van der Waals surface area contributed by atoms with Crippen LogP contribution in [0.4, 0.5) is 4.39 Å². The molecule has 1 unspecified atom stereocenters. The van der Waals surface area contributed by atoms with Crippen LogP contribution in [0.25, 0.3) is 10.8 Å². The molecule has 1 atom stereocenters. The van der Waals surface area contributed by atoms with Gasteiger partial charge in [-0.2, -0.15) is 0 Å². The van der Waals surface area contributed by atoms with E-state index in [0.29, 0.717) is 22.1 Å². The van der Waals surface area contributed by atoms with E-state index in [1.165, 1.54) is 6.07 Å². The largest absolute Gasteiger partial charge is 0.447 e. The maximum Gasteiger partial charge on any atom is 0.193 e. The molecule has 0 saturated carbocycles.